The molecular weight excluding hydrogens is 276 g/mol. The largest absolute Gasteiger partial charge is 0.497 e. The molecule has 0 fully saturated rings. The van der Waals surface area contributed by atoms with Gasteiger partial charge in [-0.15, -0.1) is 0 Å². The van der Waals surface area contributed by atoms with E-state index >= 15 is 0 Å². The number of pyridine rings is 2. The first-order valence-corrected chi connectivity index (χ1v) is 6.98. The monoisotopic (exact) mass is 292 g/mol. The Labute approximate surface area is 129 Å². The second-order valence-corrected chi connectivity index (χ2v) is 4.73. The maximum atomic E-state index is 5.63. The van der Waals surface area contributed by atoms with Gasteiger partial charge in [0.2, 0.25) is 5.88 Å². The van der Waals surface area contributed by atoms with E-state index in [1.807, 2.05) is 54.6 Å². The minimum absolute atomic E-state index is 0.409. The van der Waals surface area contributed by atoms with Crippen LogP contribution < -0.4 is 9.47 Å². The second kappa shape index (κ2) is 6.72. The third-order valence-electron chi connectivity index (χ3n) is 3.23. The van der Waals surface area contributed by atoms with Gasteiger partial charge in [0.25, 0.3) is 0 Å². The van der Waals surface area contributed by atoms with E-state index in [9.17, 15) is 0 Å². The van der Waals surface area contributed by atoms with Crippen LogP contribution in [0, 0.1) is 0 Å². The molecule has 2 aromatic heterocycles. The molecule has 0 saturated carbocycles. The summed E-state index contributed by atoms with van der Waals surface area (Å²) in [6, 6.07) is 17.5. The summed E-state index contributed by atoms with van der Waals surface area (Å²) in [7, 11) is 1.66. The van der Waals surface area contributed by atoms with Gasteiger partial charge in [-0.25, -0.2) is 4.98 Å². The average molecular weight is 292 g/mol. The molecule has 4 nitrogen and oxygen atoms in total. The van der Waals surface area contributed by atoms with E-state index in [0.717, 1.165) is 22.6 Å². The third kappa shape index (κ3) is 3.41. The number of rotatable bonds is 5. The Balaban J connectivity index is 1.69. The summed E-state index contributed by atoms with van der Waals surface area (Å²) in [6.07, 6.45) is 3.54. The molecule has 0 radical (unpaired) electrons. The summed E-state index contributed by atoms with van der Waals surface area (Å²) in [4.78, 5) is 8.55. The van der Waals surface area contributed by atoms with Gasteiger partial charge < -0.3 is 9.47 Å². The quantitative estimate of drug-likeness (QED) is 0.718. The van der Waals surface area contributed by atoms with E-state index in [1.54, 1.807) is 19.5 Å². The van der Waals surface area contributed by atoms with Gasteiger partial charge in [0.15, 0.2) is 0 Å². The van der Waals surface area contributed by atoms with Crippen LogP contribution in [0.15, 0.2) is 67.0 Å². The molecule has 110 valence electrons. The van der Waals surface area contributed by atoms with Crippen molar-refractivity contribution in [3.63, 3.8) is 0 Å². The summed E-state index contributed by atoms with van der Waals surface area (Å²) in [6.45, 7) is 0.409. The van der Waals surface area contributed by atoms with Crippen molar-refractivity contribution in [1.82, 2.24) is 9.97 Å². The standard InChI is InChI=1S/C18H16N2O2/c1-21-17-7-4-5-14(11-17)15-8-9-18(20-12-15)22-13-16-6-2-3-10-19-16/h2-12H,13H2,1H3. The van der Waals surface area contributed by atoms with Gasteiger partial charge in [-0.05, 0) is 35.9 Å². The molecule has 4 heteroatoms. The number of benzene rings is 1. The minimum atomic E-state index is 0.409. The van der Waals surface area contributed by atoms with E-state index in [2.05, 4.69) is 9.97 Å². The highest BCUT2D eigenvalue weighted by Gasteiger charge is 2.02. The maximum Gasteiger partial charge on any atom is 0.213 e. The molecule has 2 heterocycles. The zero-order chi connectivity index (χ0) is 15.2. The van der Waals surface area contributed by atoms with E-state index < -0.39 is 0 Å². The molecule has 0 spiro atoms. The highest BCUT2D eigenvalue weighted by molar-refractivity contribution is 5.64. The van der Waals surface area contributed by atoms with Crippen molar-refractivity contribution >= 4 is 0 Å². The fourth-order valence-electron chi connectivity index (χ4n) is 2.07. The Morgan fingerprint density at radius 2 is 1.86 bits per heavy atom. The van der Waals surface area contributed by atoms with Crippen LogP contribution in [-0.2, 0) is 6.61 Å². The molecule has 0 amide bonds. The fraction of sp³-hybridized carbons (Fsp3) is 0.111. The molecule has 0 bridgehead atoms. The molecule has 3 rings (SSSR count). The van der Waals surface area contributed by atoms with Crippen LogP contribution in [0.2, 0.25) is 0 Å². The van der Waals surface area contributed by atoms with Crippen molar-refractivity contribution in [3.8, 4) is 22.8 Å². The van der Waals surface area contributed by atoms with Gasteiger partial charge in [-0.3, -0.25) is 4.98 Å². The van der Waals surface area contributed by atoms with E-state index in [-0.39, 0.29) is 0 Å². The summed E-state index contributed by atoms with van der Waals surface area (Å²) in [5.74, 6) is 1.41. The summed E-state index contributed by atoms with van der Waals surface area (Å²) in [5.41, 5.74) is 2.95. The number of hydrogen-bond donors (Lipinski definition) is 0. The van der Waals surface area contributed by atoms with Gasteiger partial charge in [-0.1, -0.05) is 18.2 Å². The van der Waals surface area contributed by atoms with Crippen molar-refractivity contribution in [3.05, 3.63) is 72.7 Å². The van der Waals surface area contributed by atoms with E-state index in [1.165, 1.54) is 0 Å². The van der Waals surface area contributed by atoms with Crippen molar-refractivity contribution < 1.29 is 9.47 Å². The van der Waals surface area contributed by atoms with Crippen LogP contribution in [0.25, 0.3) is 11.1 Å². The van der Waals surface area contributed by atoms with Crippen LogP contribution in [0.3, 0.4) is 0 Å². The highest BCUT2D eigenvalue weighted by atomic mass is 16.5. The normalized spacial score (nSPS) is 10.2. The molecule has 0 aliphatic heterocycles. The average Bonchev–Trinajstić information content (AvgIpc) is 2.61. The smallest absolute Gasteiger partial charge is 0.213 e. The van der Waals surface area contributed by atoms with Crippen molar-refractivity contribution in [1.29, 1.82) is 0 Å². The van der Waals surface area contributed by atoms with Crippen LogP contribution in [0.4, 0.5) is 0 Å². The molecule has 3 aromatic rings. The van der Waals surface area contributed by atoms with Gasteiger partial charge in [0.05, 0.1) is 12.8 Å². The molecule has 0 saturated heterocycles. The first kappa shape index (κ1) is 14.1. The number of aromatic nitrogens is 2. The zero-order valence-electron chi connectivity index (χ0n) is 12.3. The molecule has 0 aliphatic carbocycles. The Morgan fingerprint density at radius 3 is 2.59 bits per heavy atom. The predicted molar refractivity (Wildman–Crippen MR) is 84.8 cm³/mol. The first-order chi connectivity index (χ1) is 10.8. The number of ether oxygens (including phenoxy) is 2. The topological polar surface area (TPSA) is 44.2 Å². The predicted octanol–water partition coefficient (Wildman–Crippen LogP) is 3.73. The van der Waals surface area contributed by atoms with Crippen molar-refractivity contribution in [2.45, 2.75) is 6.61 Å². The van der Waals surface area contributed by atoms with Gasteiger partial charge >= 0.3 is 0 Å². The first-order valence-electron chi connectivity index (χ1n) is 6.98. The van der Waals surface area contributed by atoms with Crippen LogP contribution in [-0.4, -0.2) is 17.1 Å². The van der Waals surface area contributed by atoms with Crippen molar-refractivity contribution in [2.24, 2.45) is 0 Å². The SMILES string of the molecule is COc1cccc(-c2ccc(OCc3ccccn3)nc2)c1. The lowest BCUT2D eigenvalue weighted by atomic mass is 10.1. The maximum absolute atomic E-state index is 5.63. The highest BCUT2D eigenvalue weighted by Crippen LogP contribution is 2.24. The number of hydrogen-bond acceptors (Lipinski definition) is 4. The Hall–Kier alpha value is -2.88. The van der Waals surface area contributed by atoms with Gasteiger partial charge in [0, 0.05) is 24.0 Å². The lowest BCUT2D eigenvalue weighted by Gasteiger charge is -2.07. The second-order valence-electron chi connectivity index (χ2n) is 4.73. The molecule has 22 heavy (non-hydrogen) atoms. The summed E-state index contributed by atoms with van der Waals surface area (Å²) < 4.78 is 10.9. The van der Waals surface area contributed by atoms with Crippen molar-refractivity contribution in [2.75, 3.05) is 7.11 Å². The van der Waals surface area contributed by atoms with E-state index in [0.29, 0.717) is 12.5 Å². The lowest BCUT2D eigenvalue weighted by Crippen LogP contribution is -1.98. The van der Waals surface area contributed by atoms with Crippen LogP contribution in [0.1, 0.15) is 5.69 Å². The molecule has 0 aliphatic rings. The van der Waals surface area contributed by atoms with Gasteiger partial charge in [0.1, 0.15) is 12.4 Å². The minimum Gasteiger partial charge on any atom is -0.497 e. The Kier molecular flexibility index (Phi) is 4.30. The molecular formula is C18H16N2O2. The summed E-state index contributed by atoms with van der Waals surface area (Å²) in [5, 5.41) is 0. The lowest BCUT2D eigenvalue weighted by molar-refractivity contribution is 0.289. The molecule has 0 atom stereocenters. The molecule has 0 N–H and O–H groups in total. The fourth-order valence-corrected chi connectivity index (χ4v) is 2.07. The molecule has 0 unspecified atom stereocenters. The Bertz CT molecular complexity index is 728. The third-order valence-corrected chi connectivity index (χ3v) is 3.23. The zero-order valence-corrected chi connectivity index (χ0v) is 12.3. The van der Waals surface area contributed by atoms with Crippen LogP contribution >= 0.6 is 0 Å². The summed E-state index contributed by atoms with van der Waals surface area (Å²) >= 11 is 0. The molecule has 1 aromatic carbocycles. The number of methoxy groups -OCH3 is 1. The van der Waals surface area contributed by atoms with E-state index in [4.69, 9.17) is 9.47 Å². The van der Waals surface area contributed by atoms with Gasteiger partial charge in [-0.2, -0.15) is 0 Å². The van der Waals surface area contributed by atoms with Crippen LogP contribution in [0.5, 0.6) is 11.6 Å². The number of nitrogens with zero attached hydrogens (tertiary/aromatic N) is 2. The Morgan fingerprint density at radius 1 is 0.909 bits per heavy atom.